The average Bonchev–Trinajstić information content (AvgIpc) is 2.28. The number of alkyl carbamates (subject to hydrolysis) is 1. The van der Waals surface area contributed by atoms with Gasteiger partial charge in [0.15, 0.2) is 0 Å². The minimum atomic E-state index is -1.06. The van der Waals surface area contributed by atoms with Crippen molar-refractivity contribution in [2.24, 2.45) is 0 Å². The molecule has 0 aliphatic carbocycles. The van der Waals surface area contributed by atoms with Gasteiger partial charge < -0.3 is 20.5 Å². The number of hydrogen-bond donors (Lipinski definition) is 3. The Balaban J connectivity index is 3.47. The maximum Gasteiger partial charge on any atom is 0.407 e. The SMILES string of the molecule is CC(C)(C)OC(=O)NCCCCCC(=O)NCC(=O)O. The van der Waals surface area contributed by atoms with Crippen LogP contribution in [0.25, 0.3) is 0 Å². The lowest BCUT2D eigenvalue weighted by atomic mass is 10.2. The smallest absolute Gasteiger partial charge is 0.407 e. The van der Waals surface area contributed by atoms with Gasteiger partial charge >= 0.3 is 12.1 Å². The molecule has 0 aromatic heterocycles. The number of hydrogen-bond acceptors (Lipinski definition) is 4. The van der Waals surface area contributed by atoms with E-state index in [1.165, 1.54) is 0 Å². The van der Waals surface area contributed by atoms with Crippen molar-refractivity contribution in [1.29, 1.82) is 0 Å². The topological polar surface area (TPSA) is 105 Å². The van der Waals surface area contributed by atoms with E-state index in [1.807, 2.05) is 0 Å². The molecule has 2 amide bonds. The predicted molar refractivity (Wildman–Crippen MR) is 73.4 cm³/mol. The summed E-state index contributed by atoms with van der Waals surface area (Å²) in [5.41, 5.74) is -0.508. The van der Waals surface area contributed by atoms with Gasteiger partial charge in [0.2, 0.25) is 5.91 Å². The zero-order valence-electron chi connectivity index (χ0n) is 12.3. The lowest BCUT2D eigenvalue weighted by Crippen LogP contribution is -2.33. The number of amides is 2. The van der Waals surface area contributed by atoms with E-state index in [2.05, 4.69) is 10.6 Å². The highest BCUT2D eigenvalue weighted by Gasteiger charge is 2.15. The number of unbranched alkanes of at least 4 members (excludes halogenated alkanes) is 2. The molecule has 3 N–H and O–H groups in total. The van der Waals surface area contributed by atoms with Gasteiger partial charge in [-0.05, 0) is 33.6 Å². The van der Waals surface area contributed by atoms with Crippen LogP contribution < -0.4 is 10.6 Å². The van der Waals surface area contributed by atoms with E-state index in [9.17, 15) is 14.4 Å². The van der Waals surface area contributed by atoms with Crippen molar-refractivity contribution in [2.45, 2.75) is 52.1 Å². The van der Waals surface area contributed by atoms with Gasteiger partial charge in [-0.2, -0.15) is 0 Å². The summed E-state index contributed by atoms with van der Waals surface area (Å²) in [7, 11) is 0. The quantitative estimate of drug-likeness (QED) is 0.583. The molecule has 0 unspecified atom stereocenters. The number of nitrogens with one attached hydrogen (secondary N) is 2. The molecule has 0 atom stereocenters. The summed E-state index contributed by atoms with van der Waals surface area (Å²) in [6.07, 6.45) is 2.01. The van der Waals surface area contributed by atoms with Crippen LogP contribution in [0.15, 0.2) is 0 Å². The van der Waals surface area contributed by atoms with E-state index in [0.29, 0.717) is 19.4 Å². The first kappa shape index (κ1) is 18.2. The van der Waals surface area contributed by atoms with E-state index < -0.39 is 17.7 Å². The van der Waals surface area contributed by atoms with Crippen LogP contribution in [0.3, 0.4) is 0 Å². The monoisotopic (exact) mass is 288 g/mol. The first-order valence-corrected chi connectivity index (χ1v) is 6.66. The van der Waals surface area contributed by atoms with Crippen molar-refractivity contribution in [1.82, 2.24) is 10.6 Å². The molecule has 0 radical (unpaired) electrons. The second-order valence-electron chi connectivity index (χ2n) is 5.41. The van der Waals surface area contributed by atoms with Crippen molar-refractivity contribution in [3.8, 4) is 0 Å². The number of carboxylic acids is 1. The van der Waals surface area contributed by atoms with Crippen LogP contribution in [0.5, 0.6) is 0 Å². The molecule has 0 heterocycles. The fourth-order valence-corrected chi connectivity index (χ4v) is 1.35. The standard InChI is InChI=1S/C13H24N2O5/c1-13(2,3)20-12(19)14-8-6-4-5-7-10(16)15-9-11(17)18/h4-9H2,1-3H3,(H,14,19)(H,15,16)(H,17,18). The van der Waals surface area contributed by atoms with Gasteiger partial charge in [0, 0.05) is 13.0 Å². The number of rotatable bonds is 8. The Morgan fingerprint density at radius 2 is 1.70 bits per heavy atom. The molecule has 0 fully saturated rings. The predicted octanol–water partition coefficient (Wildman–Crippen LogP) is 1.27. The highest BCUT2D eigenvalue weighted by atomic mass is 16.6. The molecule has 7 nitrogen and oxygen atoms in total. The largest absolute Gasteiger partial charge is 0.480 e. The Hall–Kier alpha value is -1.79. The number of aliphatic carboxylic acids is 1. The molecule has 0 spiro atoms. The maximum absolute atomic E-state index is 11.3. The summed E-state index contributed by atoms with van der Waals surface area (Å²) < 4.78 is 5.07. The third-order valence-corrected chi connectivity index (χ3v) is 2.19. The molecule has 0 aliphatic rings. The third-order valence-electron chi connectivity index (χ3n) is 2.19. The fraction of sp³-hybridized carbons (Fsp3) is 0.769. The van der Waals surface area contributed by atoms with Crippen molar-refractivity contribution in [3.63, 3.8) is 0 Å². The van der Waals surface area contributed by atoms with Crippen molar-refractivity contribution >= 4 is 18.0 Å². The molecule has 0 saturated carbocycles. The first-order valence-electron chi connectivity index (χ1n) is 6.66. The molecule has 20 heavy (non-hydrogen) atoms. The second-order valence-corrected chi connectivity index (χ2v) is 5.41. The Labute approximate surface area is 119 Å². The Morgan fingerprint density at radius 3 is 2.25 bits per heavy atom. The van der Waals surface area contributed by atoms with Gasteiger partial charge in [-0.1, -0.05) is 6.42 Å². The summed E-state index contributed by atoms with van der Waals surface area (Å²) >= 11 is 0. The van der Waals surface area contributed by atoms with E-state index >= 15 is 0 Å². The second kappa shape index (κ2) is 9.17. The fourth-order valence-electron chi connectivity index (χ4n) is 1.35. The lowest BCUT2D eigenvalue weighted by Gasteiger charge is -2.19. The zero-order valence-corrected chi connectivity index (χ0v) is 12.3. The highest BCUT2D eigenvalue weighted by Crippen LogP contribution is 2.06. The van der Waals surface area contributed by atoms with E-state index in [4.69, 9.17) is 9.84 Å². The van der Waals surface area contributed by atoms with Crippen LogP contribution in [0, 0.1) is 0 Å². The van der Waals surface area contributed by atoms with Crippen molar-refractivity contribution in [3.05, 3.63) is 0 Å². The molecule has 116 valence electrons. The summed E-state index contributed by atoms with van der Waals surface area (Å²) in [5, 5.41) is 13.3. The summed E-state index contributed by atoms with van der Waals surface area (Å²) in [5.74, 6) is -1.33. The minimum absolute atomic E-state index is 0.271. The van der Waals surface area contributed by atoms with Gasteiger partial charge in [0.1, 0.15) is 12.1 Å². The number of carbonyl (C=O) groups excluding carboxylic acids is 2. The zero-order chi connectivity index (χ0) is 15.6. The Bertz CT molecular complexity index is 336. The third kappa shape index (κ3) is 12.7. The number of carbonyl (C=O) groups is 3. The van der Waals surface area contributed by atoms with Gasteiger partial charge in [0.25, 0.3) is 0 Å². The first-order chi connectivity index (χ1) is 9.20. The number of ether oxygens (including phenoxy) is 1. The van der Waals surface area contributed by atoms with Crippen LogP contribution in [0.1, 0.15) is 46.5 Å². The molecule has 7 heteroatoms. The Kier molecular flexibility index (Phi) is 8.35. The van der Waals surface area contributed by atoms with Gasteiger partial charge in [-0.3, -0.25) is 9.59 Å². The number of carboxylic acid groups (broad SMARTS) is 1. The van der Waals surface area contributed by atoms with Gasteiger partial charge in [-0.15, -0.1) is 0 Å². The van der Waals surface area contributed by atoms with Crippen LogP contribution in [0.2, 0.25) is 0 Å². The molecule has 0 bridgehead atoms. The average molecular weight is 288 g/mol. The molecule has 0 rings (SSSR count). The van der Waals surface area contributed by atoms with E-state index in [0.717, 1.165) is 12.8 Å². The van der Waals surface area contributed by atoms with Crippen LogP contribution >= 0.6 is 0 Å². The van der Waals surface area contributed by atoms with E-state index in [1.54, 1.807) is 20.8 Å². The highest BCUT2D eigenvalue weighted by molar-refractivity contribution is 5.80. The molecule has 0 aromatic rings. The Morgan fingerprint density at radius 1 is 1.05 bits per heavy atom. The normalized spacial score (nSPS) is 10.8. The molecular formula is C13H24N2O5. The minimum Gasteiger partial charge on any atom is -0.480 e. The molecule has 0 saturated heterocycles. The van der Waals surface area contributed by atoms with Crippen molar-refractivity contribution in [2.75, 3.05) is 13.1 Å². The van der Waals surface area contributed by atoms with Gasteiger partial charge in [0.05, 0.1) is 0 Å². The van der Waals surface area contributed by atoms with Crippen LogP contribution in [0.4, 0.5) is 4.79 Å². The van der Waals surface area contributed by atoms with Crippen LogP contribution in [-0.2, 0) is 14.3 Å². The summed E-state index contributed by atoms with van der Waals surface area (Å²) in [4.78, 5) is 32.7. The van der Waals surface area contributed by atoms with Gasteiger partial charge in [-0.25, -0.2) is 4.79 Å². The maximum atomic E-state index is 11.3. The van der Waals surface area contributed by atoms with Crippen molar-refractivity contribution < 1.29 is 24.2 Å². The molecule has 0 aliphatic heterocycles. The molecular weight excluding hydrogens is 264 g/mol. The summed E-state index contributed by atoms with van der Waals surface area (Å²) in [6.45, 7) is 5.53. The summed E-state index contributed by atoms with van der Waals surface area (Å²) in [6, 6.07) is 0. The van der Waals surface area contributed by atoms with Crippen LogP contribution in [-0.4, -0.2) is 41.8 Å². The molecule has 0 aromatic carbocycles. The lowest BCUT2D eigenvalue weighted by molar-refractivity contribution is -0.137. The van der Waals surface area contributed by atoms with E-state index in [-0.39, 0.29) is 12.5 Å².